The minimum Gasteiger partial charge on any atom is -0.307 e. The number of halogens is 2. The van der Waals surface area contributed by atoms with E-state index in [2.05, 4.69) is 10.4 Å². The number of amides is 1. The first-order valence-electron chi connectivity index (χ1n) is 6.95. The third-order valence-corrected chi connectivity index (χ3v) is 3.77. The Hall–Kier alpha value is -2.24. The summed E-state index contributed by atoms with van der Waals surface area (Å²) in [7, 11) is 0. The summed E-state index contributed by atoms with van der Waals surface area (Å²) in [4.78, 5) is 12.1. The van der Waals surface area contributed by atoms with Crippen LogP contribution in [-0.4, -0.2) is 15.7 Å². The van der Waals surface area contributed by atoms with Gasteiger partial charge in [0.25, 0.3) is 5.91 Å². The minimum absolute atomic E-state index is 0.237. The van der Waals surface area contributed by atoms with Gasteiger partial charge >= 0.3 is 0 Å². The summed E-state index contributed by atoms with van der Waals surface area (Å²) in [6, 6.07) is 5.22. The SMILES string of the molecule is O=C(Nc1ccnn1C1CCCC1)c1c(F)cccc1F. The summed E-state index contributed by atoms with van der Waals surface area (Å²) < 4.78 is 28.9. The van der Waals surface area contributed by atoms with Crippen LogP contribution >= 0.6 is 0 Å². The number of benzene rings is 1. The quantitative estimate of drug-likeness (QED) is 0.940. The molecular formula is C15H15F2N3O. The van der Waals surface area contributed by atoms with Crippen molar-refractivity contribution in [3.63, 3.8) is 0 Å². The van der Waals surface area contributed by atoms with Crippen molar-refractivity contribution in [2.75, 3.05) is 5.32 Å². The lowest BCUT2D eigenvalue weighted by atomic mass is 10.2. The van der Waals surface area contributed by atoms with Gasteiger partial charge in [-0.2, -0.15) is 5.10 Å². The summed E-state index contributed by atoms with van der Waals surface area (Å²) in [5.41, 5.74) is -0.573. The number of nitrogens with zero attached hydrogens (tertiary/aromatic N) is 2. The highest BCUT2D eigenvalue weighted by atomic mass is 19.1. The van der Waals surface area contributed by atoms with Crippen LogP contribution in [0.4, 0.5) is 14.6 Å². The summed E-state index contributed by atoms with van der Waals surface area (Å²) in [5, 5.41) is 6.75. The van der Waals surface area contributed by atoms with Gasteiger partial charge in [-0.05, 0) is 25.0 Å². The molecule has 1 saturated carbocycles. The first-order valence-corrected chi connectivity index (χ1v) is 6.95. The van der Waals surface area contributed by atoms with E-state index in [4.69, 9.17) is 0 Å². The van der Waals surface area contributed by atoms with Gasteiger partial charge in [-0.1, -0.05) is 18.9 Å². The molecule has 110 valence electrons. The zero-order valence-corrected chi connectivity index (χ0v) is 11.4. The second-order valence-electron chi connectivity index (χ2n) is 5.15. The second kappa shape index (κ2) is 5.63. The van der Waals surface area contributed by atoms with Gasteiger partial charge in [-0.25, -0.2) is 13.5 Å². The largest absolute Gasteiger partial charge is 0.307 e. The van der Waals surface area contributed by atoms with Gasteiger partial charge in [0.1, 0.15) is 23.0 Å². The van der Waals surface area contributed by atoms with Gasteiger partial charge in [0.2, 0.25) is 0 Å². The molecule has 1 aromatic heterocycles. The van der Waals surface area contributed by atoms with Crippen LogP contribution in [0.15, 0.2) is 30.5 Å². The molecule has 0 aliphatic heterocycles. The predicted octanol–water partition coefficient (Wildman–Crippen LogP) is 3.53. The second-order valence-corrected chi connectivity index (χ2v) is 5.15. The fourth-order valence-corrected chi connectivity index (χ4v) is 2.75. The minimum atomic E-state index is -0.876. The van der Waals surface area contributed by atoms with Crippen LogP contribution in [0.1, 0.15) is 42.1 Å². The lowest BCUT2D eigenvalue weighted by Crippen LogP contribution is -2.19. The molecule has 3 rings (SSSR count). The molecule has 2 aromatic rings. The molecule has 0 bridgehead atoms. The molecule has 1 heterocycles. The van der Waals surface area contributed by atoms with Crippen molar-refractivity contribution in [1.29, 1.82) is 0 Å². The van der Waals surface area contributed by atoms with Gasteiger partial charge in [0, 0.05) is 6.07 Å². The van der Waals surface area contributed by atoms with Crippen molar-refractivity contribution in [3.8, 4) is 0 Å². The highest BCUT2D eigenvalue weighted by Gasteiger charge is 2.22. The average molecular weight is 291 g/mol. The zero-order chi connectivity index (χ0) is 14.8. The molecule has 0 atom stereocenters. The Balaban J connectivity index is 1.84. The van der Waals surface area contributed by atoms with E-state index in [1.54, 1.807) is 16.9 Å². The van der Waals surface area contributed by atoms with Gasteiger partial charge in [-0.3, -0.25) is 4.79 Å². The van der Waals surface area contributed by atoms with Crippen molar-refractivity contribution in [3.05, 3.63) is 47.7 Å². The van der Waals surface area contributed by atoms with E-state index in [-0.39, 0.29) is 6.04 Å². The Kier molecular flexibility index (Phi) is 3.68. The average Bonchev–Trinajstić information content (AvgIpc) is 3.08. The molecule has 0 unspecified atom stereocenters. The molecule has 0 radical (unpaired) electrons. The molecule has 1 aliphatic rings. The third-order valence-electron chi connectivity index (χ3n) is 3.77. The summed E-state index contributed by atoms with van der Waals surface area (Å²) in [6.45, 7) is 0. The van der Waals surface area contributed by atoms with Crippen molar-refractivity contribution in [2.24, 2.45) is 0 Å². The van der Waals surface area contributed by atoms with Crippen LogP contribution < -0.4 is 5.32 Å². The third kappa shape index (κ3) is 2.66. The Morgan fingerprint density at radius 1 is 1.19 bits per heavy atom. The van der Waals surface area contributed by atoms with Gasteiger partial charge in [0.15, 0.2) is 0 Å². The maximum atomic E-state index is 13.6. The van der Waals surface area contributed by atoms with Crippen LogP contribution in [0.5, 0.6) is 0 Å². The van der Waals surface area contributed by atoms with E-state index in [9.17, 15) is 13.6 Å². The van der Waals surface area contributed by atoms with E-state index >= 15 is 0 Å². The molecule has 1 aliphatic carbocycles. The molecule has 6 heteroatoms. The molecule has 1 N–H and O–H groups in total. The summed E-state index contributed by atoms with van der Waals surface area (Å²) in [6.07, 6.45) is 5.82. The predicted molar refractivity (Wildman–Crippen MR) is 74.0 cm³/mol. The Morgan fingerprint density at radius 2 is 1.86 bits per heavy atom. The maximum absolute atomic E-state index is 13.6. The number of carbonyl (C=O) groups excluding carboxylic acids is 1. The summed E-state index contributed by atoms with van der Waals surface area (Å²) in [5.74, 6) is -2.08. The van der Waals surface area contributed by atoms with E-state index in [1.165, 1.54) is 6.07 Å². The van der Waals surface area contributed by atoms with E-state index in [1.807, 2.05) is 0 Å². The number of carbonyl (C=O) groups is 1. The number of aromatic nitrogens is 2. The molecule has 0 spiro atoms. The van der Waals surface area contributed by atoms with Crippen molar-refractivity contribution >= 4 is 11.7 Å². The molecule has 1 fully saturated rings. The highest BCUT2D eigenvalue weighted by molar-refractivity contribution is 6.04. The Bertz CT molecular complexity index is 642. The number of rotatable bonds is 3. The monoisotopic (exact) mass is 291 g/mol. The van der Waals surface area contributed by atoms with Crippen LogP contribution in [0.25, 0.3) is 0 Å². The van der Waals surface area contributed by atoms with Crippen LogP contribution in [0.2, 0.25) is 0 Å². The number of hydrogen-bond acceptors (Lipinski definition) is 2. The number of nitrogens with one attached hydrogen (secondary N) is 1. The van der Waals surface area contributed by atoms with Crippen LogP contribution in [0.3, 0.4) is 0 Å². The highest BCUT2D eigenvalue weighted by Crippen LogP contribution is 2.31. The van der Waals surface area contributed by atoms with Gasteiger partial charge < -0.3 is 5.32 Å². The molecule has 1 aromatic carbocycles. The molecular weight excluding hydrogens is 276 g/mol. The topological polar surface area (TPSA) is 46.9 Å². The standard InChI is InChI=1S/C15H15F2N3O/c16-11-6-3-7-12(17)14(11)15(21)19-13-8-9-18-20(13)10-4-1-2-5-10/h3,6-10H,1-2,4-5H2,(H,19,21). The van der Waals surface area contributed by atoms with Crippen LogP contribution in [0, 0.1) is 11.6 Å². The number of anilines is 1. The maximum Gasteiger partial charge on any atom is 0.262 e. The van der Waals surface area contributed by atoms with E-state index in [0.29, 0.717) is 5.82 Å². The van der Waals surface area contributed by atoms with Crippen molar-refractivity contribution in [1.82, 2.24) is 9.78 Å². The first-order chi connectivity index (χ1) is 10.2. The van der Waals surface area contributed by atoms with Gasteiger partial charge in [0.05, 0.1) is 12.2 Å². The molecule has 1 amide bonds. The van der Waals surface area contributed by atoms with E-state index in [0.717, 1.165) is 37.8 Å². The summed E-state index contributed by atoms with van der Waals surface area (Å²) >= 11 is 0. The first kappa shape index (κ1) is 13.7. The van der Waals surface area contributed by atoms with Crippen LogP contribution in [-0.2, 0) is 0 Å². The normalized spacial score (nSPS) is 15.3. The fraction of sp³-hybridized carbons (Fsp3) is 0.333. The lowest BCUT2D eigenvalue weighted by molar-refractivity contribution is 0.101. The van der Waals surface area contributed by atoms with Crippen molar-refractivity contribution < 1.29 is 13.6 Å². The Labute approximate surface area is 120 Å². The zero-order valence-electron chi connectivity index (χ0n) is 11.4. The number of hydrogen-bond donors (Lipinski definition) is 1. The lowest BCUT2D eigenvalue weighted by Gasteiger charge is -2.15. The molecule has 21 heavy (non-hydrogen) atoms. The smallest absolute Gasteiger partial charge is 0.262 e. The van der Waals surface area contributed by atoms with E-state index < -0.39 is 23.1 Å². The van der Waals surface area contributed by atoms with Gasteiger partial charge in [-0.15, -0.1) is 0 Å². The fourth-order valence-electron chi connectivity index (χ4n) is 2.75. The Morgan fingerprint density at radius 3 is 2.52 bits per heavy atom. The molecule has 4 nitrogen and oxygen atoms in total. The molecule has 0 saturated heterocycles. The van der Waals surface area contributed by atoms with Crippen molar-refractivity contribution in [2.45, 2.75) is 31.7 Å².